The van der Waals surface area contributed by atoms with Gasteiger partial charge in [0.2, 0.25) is 0 Å². The van der Waals surface area contributed by atoms with Crippen molar-refractivity contribution in [3.8, 4) is 0 Å². The number of thiazole rings is 1. The second-order valence-corrected chi connectivity index (χ2v) is 6.81. The largest absolute Gasteiger partial charge is 0.309 e. The van der Waals surface area contributed by atoms with Crippen LogP contribution in [0.5, 0.6) is 0 Å². The van der Waals surface area contributed by atoms with Crippen molar-refractivity contribution < 1.29 is 0 Å². The highest BCUT2D eigenvalue weighted by molar-refractivity contribution is 7.11. The van der Waals surface area contributed by atoms with E-state index in [9.17, 15) is 0 Å². The summed E-state index contributed by atoms with van der Waals surface area (Å²) in [5.74, 6) is 0. The predicted molar refractivity (Wildman–Crippen MR) is 88.9 cm³/mol. The van der Waals surface area contributed by atoms with Crippen molar-refractivity contribution in [1.82, 2.24) is 20.1 Å². The first-order valence-electron chi connectivity index (χ1n) is 7.73. The summed E-state index contributed by atoms with van der Waals surface area (Å²) >= 11 is 1.81. The highest BCUT2D eigenvalue weighted by Crippen LogP contribution is 2.25. The molecular formula is C16H26N4S. The van der Waals surface area contributed by atoms with Gasteiger partial charge in [0, 0.05) is 36.1 Å². The van der Waals surface area contributed by atoms with Gasteiger partial charge in [0.1, 0.15) is 0 Å². The molecule has 116 valence electrons. The number of nitrogens with zero attached hydrogens (tertiary/aromatic N) is 3. The summed E-state index contributed by atoms with van der Waals surface area (Å²) < 4.78 is 1.92. The van der Waals surface area contributed by atoms with E-state index < -0.39 is 0 Å². The van der Waals surface area contributed by atoms with Gasteiger partial charge in [-0.3, -0.25) is 4.68 Å². The normalized spacial score (nSPS) is 12.8. The predicted octanol–water partition coefficient (Wildman–Crippen LogP) is 3.34. The van der Waals surface area contributed by atoms with Crippen LogP contribution in [0.3, 0.4) is 0 Å². The molecule has 2 heterocycles. The molecule has 0 aliphatic heterocycles. The monoisotopic (exact) mass is 306 g/mol. The first kappa shape index (κ1) is 16.2. The Morgan fingerprint density at radius 3 is 2.67 bits per heavy atom. The molecule has 0 fully saturated rings. The van der Waals surface area contributed by atoms with Crippen LogP contribution < -0.4 is 5.32 Å². The number of aryl methyl sites for hydroxylation is 4. The second-order valence-electron chi connectivity index (χ2n) is 5.52. The van der Waals surface area contributed by atoms with Gasteiger partial charge in [-0.15, -0.1) is 11.3 Å². The molecule has 0 aliphatic carbocycles. The van der Waals surface area contributed by atoms with Crippen LogP contribution in [0.1, 0.15) is 53.1 Å². The molecule has 5 heteroatoms. The van der Waals surface area contributed by atoms with Crippen molar-refractivity contribution in [3.63, 3.8) is 0 Å². The van der Waals surface area contributed by atoms with Crippen LogP contribution in [-0.2, 0) is 19.9 Å². The van der Waals surface area contributed by atoms with Crippen LogP contribution in [0.15, 0.2) is 6.20 Å². The minimum Gasteiger partial charge on any atom is -0.309 e. The third kappa shape index (κ3) is 3.92. The lowest BCUT2D eigenvalue weighted by molar-refractivity contribution is 0.524. The van der Waals surface area contributed by atoms with E-state index in [1.807, 2.05) is 23.1 Å². The molecule has 1 unspecified atom stereocenters. The van der Waals surface area contributed by atoms with Crippen molar-refractivity contribution in [2.75, 3.05) is 6.54 Å². The Hall–Kier alpha value is -1.20. The van der Waals surface area contributed by atoms with E-state index >= 15 is 0 Å². The first-order valence-corrected chi connectivity index (χ1v) is 8.55. The molecule has 0 saturated carbocycles. The maximum Gasteiger partial charge on any atom is 0.0949 e. The molecule has 0 saturated heterocycles. The number of rotatable bonds is 7. The van der Waals surface area contributed by atoms with Crippen molar-refractivity contribution >= 4 is 11.3 Å². The SMILES string of the molecule is CCCNC(Cc1nc(C)c(C)s1)c1cn(C)nc1CC. The molecule has 1 N–H and O–H groups in total. The Morgan fingerprint density at radius 1 is 1.33 bits per heavy atom. The summed E-state index contributed by atoms with van der Waals surface area (Å²) in [5, 5.41) is 9.46. The van der Waals surface area contributed by atoms with Gasteiger partial charge in [-0.25, -0.2) is 4.98 Å². The topological polar surface area (TPSA) is 42.7 Å². The maximum atomic E-state index is 4.70. The van der Waals surface area contributed by atoms with E-state index in [4.69, 9.17) is 4.98 Å². The Labute approximate surface area is 131 Å². The molecule has 0 radical (unpaired) electrons. The lowest BCUT2D eigenvalue weighted by atomic mass is 10.0. The molecule has 0 aliphatic rings. The van der Waals surface area contributed by atoms with Crippen molar-refractivity contribution in [2.45, 2.75) is 53.0 Å². The van der Waals surface area contributed by atoms with Gasteiger partial charge in [0.05, 0.1) is 16.4 Å². The molecule has 2 aromatic rings. The highest BCUT2D eigenvalue weighted by atomic mass is 32.1. The quantitative estimate of drug-likeness (QED) is 0.853. The fourth-order valence-electron chi connectivity index (χ4n) is 2.53. The van der Waals surface area contributed by atoms with Crippen molar-refractivity contribution in [1.29, 1.82) is 0 Å². The van der Waals surface area contributed by atoms with Crippen LogP contribution in [0.2, 0.25) is 0 Å². The fraction of sp³-hybridized carbons (Fsp3) is 0.625. The van der Waals surface area contributed by atoms with Crippen LogP contribution >= 0.6 is 11.3 Å². The zero-order valence-corrected chi connectivity index (χ0v) is 14.5. The maximum absolute atomic E-state index is 4.70. The minimum atomic E-state index is 0.304. The van der Waals surface area contributed by atoms with Crippen LogP contribution in [0, 0.1) is 13.8 Å². The van der Waals surface area contributed by atoms with Crippen molar-refractivity contribution in [3.05, 3.63) is 33.0 Å². The molecule has 0 spiro atoms. The zero-order chi connectivity index (χ0) is 15.4. The van der Waals surface area contributed by atoms with Gasteiger partial charge < -0.3 is 5.32 Å². The molecule has 0 amide bonds. The summed E-state index contributed by atoms with van der Waals surface area (Å²) in [6, 6.07) is 0.304. The van der Waals surface area contributed by atoms with Crippen LogP contribution in [0.25, 0.3) is 0 Å². The molecular weight excluding hydrogens is 280 g/mol. The molecule has 0 aromatic carbocycles. The average molecular weight is 306 g/mol. The molecule has 1 atom stereocenters. The Bertz CT molecular complexity index is 566. The van der Waals surface area contributed by atoms with E-state index in [0.717, 1.165) is 31.5 Å². The van der Waals surface area contributed by atoms with Gasteiger partial charge in [0.15, 0.2) is 0 Å². The second kappa shape index (κ2) is 7.18. The van der Waals surface area contributed by atoms with Gasteiger partial charge >= 0.3 is 0 Å². The number of hydrogen-bond donors (Lipinski definition) is 1. The lowest BCUT2D eigenvalue weighted by Crippen LogP contribution is -2.24. The molecule has 0 bridgehead atoms. The zero-order valence-electron chi connectivity index (χ0n) is 13.7. The van der Waals surface area contributed by atoms with E-state index in [-0.39, 0.29) is 0 Å². The van der Waals surface area contributed by atoms with Crippen LogP contribution in [-0.4, -0.2) is 21.3 Å². The molecule has 2 rings (SSSR count). The Morgan fingerprint density at radius 2 is 2.10 bits per heavy atom. The van der Waals surface area contributed by atoms with Crippen LogP contribution in [0.4, 0.5) is 0 Å². The summed E-state index contributed by atoms with van der Waals surface area (Å²) in [7, 11) is 2.00. The highest BCUT2D eigenvalue weighted by Gasteiger charge is 2.19. The van der Waals surface area contributed by atoms with E-state index in [1.54, 1.807) is 0 Å². The fourth-order valence-corrected chi connectivity index (χ4v) is 3.51. The lowest BCUT2D eigenvalue weighted by Gasteiger charge is -2.17. The van der Waals surface area contributed by atoms with E-state index in [2.05, 4.69) is 44.3 Å². The third-order valence-corrected chi connectivity index (χ3v) is 4.84. The van der Waals surface area contributed by atoms with Gasteiger partial charge in [-0.05, 0) is 33.2 Å². The van der Waals surface area contributed by atoms with Gasteiger partial charge in [0.25, 0.3) is 0 Å². The molecule has 4 nitrogen and oxygen atoms in total. The summed E-state index contributed by atoms with van der Waals surface area (Å²) in [4.78, 5) is 6.02. The van der Waals surface area contributed by atoms with E-state index in [1.165, 1.54) is 21.1 Å². The summed E-state index contributed by atoms with van der Waals surface area (Å²) in [6.45, 7) is 9.62. The summed E-state index contributed by atoms with van der Waals surface area (Å²) in [5.41, 5.74) is 3.67. The molecule has 21 heavy (non-hydrogen) atoms. The van der Waals surface area contributed by atoms with Gasteiger partial charge in [-0.1, -0.05) is 13.8 Å². The number of hydrogen-bond acceptors (Lipinski definition) is 4. The van der Waals surface area contributed by atoms with Crippen molar-refractivity contribution in [2.24, 2.45) is 7.05 Å². The number of nitrogens with one attached hydrogen (secondary N) is 1. The molecule has 2 aromatic heterocycles. The first-order chi connectivity index (χ1) is 10.0. The Balaban J connectivity index is 2.24. The number of aromatic nitrogens is 3. The van der Waals surface area contributed by atoms with E-state index in [0.29, 0.717) is 6.04 Å². The average Bonchev–Trinajstić information content (AvgIpc) is 2.97. The third-order valence-electron chi connectivity index (χ3n) is 3.74. The smallest absolute Gasteiger partial charge is 0.0949 e. The summed E-state index contributed by atoms with van der Waals surface area (Å²) in [6.07, 6.45) is 5.20. The minimum absolute atomic E-state index is 0.304. The standard InChI is InChI=1S/C16H26N4S/c1-6-8-17-15(9-16-18-11(3)12(4)21-16)13-10-20(5)19-14(13)7-2/h10,15,17H,6-9H2,1-5H3. The van der Waals surface area contributed by atoms with Gasteiger partial charge in [-0.2, -0.15) is 5.10 Å². The Kier molecular flexibility index (Phi) is 5.53.